The number of unbranched alkanes of at least 4 members (excludes halogenated alkanes) is 7. The van der Waals surface area contributed by atoms with Crippen LogP contribution in [0.15, 0.2) is 0 Å². The molecule has 14 N–H and O–H groups in total. The fourth-order valence-corrected chi connectivity index (χ4v) is 2.45. The minimum atomic E-state index is -0.558. The molecule has 0 saturated carbocycles. The van der Waals surface area contributed by atoms with E-state index in [1.54, 1.807) is 0 Å². The predicted octanol–water partition coefficient (Wildman–Crippen LogP) is -1.95. The van der Waals surface area contributed by atoms with Crippen LogP contribution in [0.4, 0.5) is 0 Å². The van der Waals surface area contributed by atoms with E-state index in [1.165, 1.54) is 25.7 Å². The van der Waals surface area contributed by atoms with E-state index in [0.717, 1.165) is 25.7 Å². The van der Waals surface area contributed by atoms with Crippen LogP contribution in [0.2, 0.25) is 0 Å². The zero-order valence-electron chi connectivity index (χ0n) is 24.7. The summed E-state index contributed by atoms with van der Waals surface area (Å²) in [6.45, 7) is 3.89. The maximum absolute atomic E-state index is 11.4. The standard InChI is InChI=1S/C16H34N4O2S2.4C2H7NS.2Rh/c17-13(11-23)15(21)19-9-7-5-3-1-2-4-6-8-10-20-16(22)14(18)12-24;4*3-1-2-4;;/h13-14,23-24H,1-12,17-18H2,(H,19,21)(H,20,22);4*4H,1-3H2;;/q;;;;;2*+3/p-6/t13-,14-;;;;;;/m0....../s1. The van der Waals surface area contributed by atoms with E-state index in [2.05, 4.69) is 61.1 Å². The largest absolute Gasteiger partial charge is 3.00 e. The van der Waals surface area contributed by atoms with Crippen LogP contribution in [0.5, 0.6) is 0 Å². The summed E-state index contributed by atoms with van der Waals surface area (Å²) in [5.41, 5.74) is 30.8. The molecule has 0 aliphatic rings. The van der Waals surface area contributed by atoms with E-state index in [1.807, 2.05) is 0 Å². The third-order valence-corrected chi connectivity index (χ3v) is 5.87. The van der Waals surface area contributed by atoms with Crippen LogP contribution >= 0.6 is 0 Å². The molecule has 2 amide bonds. The Morgan fingerprint density at radius 1 is 0.476 bits per heavy atom. The third kappa shape index (κ3) is 64.9. The Hall–Kier alpha value is 2.05. The quantitative estimate of drug-likeness (QED) is 0.0403. The van der Waals surface area contributed by atoms with Gasteiger partial charge in [0.15, 0.2) is 0 Å². The molecule has 0 spiro atoms. The molecule has 0 radical (unpaired) electrons. The number of nitrogens with two attached hydrogens (primary N) is 6. The summed E-state index contributed by atoms with van der Waals surface area (Å²) in [7, 11) is 0. The first-order valence-corrected chi connectivity index (χ1v) is 17.0. The van der Waals surface area contributed by atoms with Crippen molar-refractivity contribution in [2.45, 2.75) is 63.5 Å². The number of hydrogen-bond acceptors (Lipinski definition) is 14. The van der Waals surface area contributed by atoms with Gasteiger partial charge in [0.2, 0.25) is 11.8 Å². The monoisotopic (exact) mass is 886 g/mol. The van der Waals surface area contributed by atoms with E-state index in [0.29, 0.717) is 62.3 Å². The fraction of sp³-hybridized carbons (Fsp3) is 0.917. The van der Waals surface area contributed by atoms with E-state index in [-0.39, 0.29) is 62.3 Å². The molecule has 0 aromatic heterocycles. The minimum absolute atomic E-state index is 0. The molecule has 0 rings (SSSR count). The van der Waals surface area contributed by atoms with Gasteiger partial charge >= 0.3 is 39.0 Å². The zero-order valence-corrected chi connectivity index (χ0v) is 32.9. The van der Waals surface area contributed by atoms with Crippen molar-refractivity contribution in [3.05, 3.63) is 0 Å². The van der Waals surface area contributed by atoms with Crippen LogP contribution in [-0.2, 0) is 124 Å². The Labute approximate surface area is 315 Å². The summed E-state index contributed by atoms with van der Waals surface area (Å²) in [6, 6.07) is -1.12. The number of amides is 2. The molecule has 0 unspecified atom stereocenters. The van der Waals surface area contributed by atoms with Gasteiger partial charge in [-0.25, -0.2) is 0 Å². The number of carbonyl (C=O) groups is 2. The second-order valence-electron chi connectivity index (χ2n) is 7.93. The molecular weight excluding hydrogens is 831 g/mol. The normalized spacial score (nSPS) is 10.5. The third-order valence-electron chi connectivity index (χ3n) is 4.21. The van der Waals surface area contributed by atoms with Gasteiger partial charge in [-0.3, -0.25) is 9.59 Å². The molecule has 0 aliphatic heterocycles. The van der Waals surface area contributed by atoms with E-state index in [9.17, 15) is 9.59 Å². The van der Waals surface area contributed by atoms with Gasteiger partial charge in [0.25, 0.3) is 0 Å². The number of rotatable bonds is 19. The molecule has 0 fully saturated rings. The van der Waals surface area contributed by atoms with Crippen molar-refractivity contribution in [2.75, 3.05) is 73.8 Å². The molecule has 0 bridgehead atoms. The Morgan fingerprint density at radius 2 is 0.667 bits per heavy atom. The molecule has 2 atom stereocenters. The number of carbonyl (C=O) groups excluding carboxylic acids is 2. The maximum Gasteiger partial charge on any atom is 3.00 e. The molecule has 18 heteroatoms. The van der Waals surface area contributed by atoms with Crippen LogP contribution in [-0.4, -0.2) is 97.7 Å². The topological polar surface area (TPSA) is 214 Å². The van der Waals surface area contributed by atoms with Crippen LogP contribution in [0.25, 0.3) is 0 Å². The average molecular weight is 887 g/mol. The summed E-state index contributed by atoms with van der Waals surface area (Å²) >= 11 is 27.2. The summed E-state index contributed by atoms with van der Waals surface area (Å²) in [5, 5.41) is 5.60. The molecule has 0 saturated heterocycles. The fourth-order valence-electron chi connectivity index (χ4n) is 2.15. The first-order valence-electron chi connectivity index (χ1n) is 13.5. The van der Waals surface area contributed by atoms with Crippen molar-refractivity contribution in [1.29, 1.82) is 0 Å². The molecule has 0 heterocycles. The Bertz CT molecular complexity index is 435. The maximum atomic E-state index is 11.4. The van der Waals surface area contributed by atoms with Gasteiger partial charge in [-0.1, -0.05) is 38.5 Å². The van der Waals surface area contributed by atoms with Crippen molar-refractivity contribution in [2.24, 2.45) is 34.4 Å². The molecular formula is C24H56N8O2Rh2S6. The van der Waals surface area contributed by atoms with Gasteiger partial charge in [0.1, 0.15) is 0 Å². The van der Waals surface area contributed by atoms with Gasteiger partial charge in [-0.15, -0.1) is 0 Å². The Balaban J connectivity index is -0.000000112. The van der Waals surface area contributed by atoms with Crippen molar-refractivity contribution in [1.82, 2.24) is 10.6 Å². The molecule has 0 aliphatic carbocycles. The van der Waals surface area contributed by atoms with E-state index in [4.69, 9.17) is 59.7 Å². The zero-order chi connectivity index (χ0) is 31.9. The second-order valence-corrected chi connectivity index (χ2v) is 10.2. The minimum Gasteiger partial charge on any atom is -0.791 e. The van der Waals surface area contributed by atoms with Gasteiger partial charge < -0.3 is 121 Å². The molecule has 258 valence electrons. The Kier molecular flexibility index (Phi) is 82.9. The second kappa shape index (κ2) is 58.6. The number of nitrogens with one attached hydrogen (secondary N) is 2. The number of hydrogen-bond donors (Lipinski definition) is 8. The smallest absolute Gasteiger partial charge is 0.791 e. The van der Waals surface area contributed by atoms with Crippen LogP contribution in [0.1, 0.15) is 51.4 Å². The summed E-state index contributed by atoms with van der Waals surface area (Å²) < 4.78 is 0. The van der Waals surface area contributed by atoms with Crippen molar-refractivity contribution in [3.63, 3.8) is 0 Å². The van der Waals surface area contributed by atoms with Gasteiger partial charge in [0, 0.05) is 13.1 Å². The molecule has 0 aromatic rings. The van der Waals surface area contributed by atoms with Gasteiger partial charge in [-0.2, -0.15) is 34.5 Å². The van der Waals surface area contributed by atoms with Crippen molar-refractivity contribution in [3.8, 4) is 0 Å². The SMILES string of the molecule is NCC[S-].NCC[S-].NCC[S-].NCC[S-].N[C@@H](C[S-])C(=O)NCCCCCCCCCCNC(=O)[C@@H](N)C[S-].[Rh+3].[Rh+3]. The van der Waals surface area contributed by atoms with Gasteiger partial charge in [-0.05, 0) is 39.0 Å². The van der Waals surface area contributed by atoms with Crippen molar-refractivity contribution >= 4 is 87.6 Å². The first kappa shape index (κ1) is 59.5. The summed E-state index contributed by atoms with van der Waals surface area (Å²) in [4.78, 5) is 22.8. The van der Waals surface area contributed by atoms with Gasteiger partial charge in [0.05, 0.1) is 12.1 Å². The van der Waals surface area contributed by atoms with Crippen molar-refractivity contribution < 1.29 is 48.5 Å². The molecule has 0 aromatic carbocycles. The summed E-state index contributed by atoms with van der Waals surface area (Å²) in [6.07, 6.45) is 8.92. The van der Waals surface area contributed by atoms with E-state index >= 15 is 0 Å². The predicted molar refractivity (Wildman–Crippen MR) is 189 cm³/mol. The first-order chi connectivity index (χ1) is 19.2. The summed E-state index contributed by atoms with van der Waals surface area (Å²) in [5.74, 6) is 2.95. The molecule has 10 nitrogen and oxygen atoms in total. The average Bonchev–Trinajstić information content (AvgIpc) is 3.00. The Morgan fingerprint density at radius 3 is 0.833 bits per heavy atom. The van der Waals surface area contributed by atoms with E-state index < -0.39 is 12.1 Å². The van der Waals surface area contributed by atoms with Crippen LogP contribution in [0.3, 0.4) is 0 Å². The van der Waals surface area contributed by atoms with Crippen LogP contribution in [0, 0.1) is 0 Å². The molecule has 42 heavy (non-hydrogen) atoms. The van der Waals surface area contributed by atoms with Crippen LogP contribution < -0.4 is 45.0 Å².